The zero-order valence-electron chi connectivity index (χ0n) is 13.7. The van der Waals surface area contributed by atoms with Crippen molar-refractivity contribution in [3.8, 4) is 0 Å². The monoisotopic (exact) mass is 363 g/mol. The molecule has 1 aromatic heterocycles. The van der Waals surface area contributed by atoms with Crippen molar-refractivity contribution in [3.63, 3.8) is 0 Å². The Morgan fingerprint density at radius 1 is 1.28 bits per heavy atom. The van der Waals surface area contributed by atoms with Crippen molar-refractivity contribution in [1.29, 1.82) is 0 Å². The summed E-state index contributed by atoms with van der Waals surface area (Å²) in [5.74, 6) is -1.55. The Kier molecular flexibility index (Phi) is 6.03. The number of hydrogen-bond donors (Lipinski definition) is 0. The number of carbonyl (C=O) groups is 1. The van der Waals surface area contributed by atoms with Crippen molar-refractivity contribution >= 4 is 21.4 Å². The Bertz CT molecular complexity index is 879. The van der Waals surface area contributed by atoms with E-state index in [0.717, 1.165) is 17.9 Å². The second kappa shape index (κ2) is 8.02. The van der Waals surface area contributed by atoms with Gasteiger partial charge in [-0.1, -0.05) is 36.9 Å². The first kappa shape index (κ1) is 18.8. The van der Waals surface area contributed by atoms with Gasteiger partial charge < -0.3 is 4.74 Å². The number of carbonyl (C=O) groups excluding carboxylic acids is 1. The molecule has 0 N–H and O–H groups in total. The van der Waals surface area contributed by atoms with Crippen LogP contribution < -0.4 is 0 Å². The highest BCUT2D eigenvalue weighted by atomic mass is 32.2. The number of aryl methyl sites for hydroxylation is 1. The van der Waals surface area contributed by atoms with Crippen molar-refractivity contribution in [2.75, 3.05) is 12.0 Å². The lowest BCUT2D eigenvalue weighted by Gasteiger charge is -2.09. The molecule has 1 aromatic carbocycles. The standard InChI is InChI=1S/C18H18FNO4S/c1-13(18(21)24-12-14-6-4-3-5-7-14)15-10-16(19)17(20-11-15)8-9-25(2,22)23/h3-7,10-11H,1,8-9,12H2,2H3. The van der Waals surface area contributed by atoms with Gasteiger partial charge in [0.05, 0.1) is 17.0 Å². The second-order valence-electron chi connectivity index (χ2n) is 5.57. The summed E-state index contributed by atoms with van der Waals surface area (Å²) in [7, 11) is -3.21. The van der Waals surface area contributed by atoms with Crippen LogP contribution in [-0.2, 0) is 32.4 Å². The van der Waals surface area contributed by atoms with Crippen LogP contribution in [0, 0.1) is 5.82 Å². The van der Waals surface area contributed by atoms with Crippen LogP contribution in [0.5, 0.6) is 0 Å². The number of rotatable bonds is 7. The topological polar surface area (TPSA) is 73.3 Å². The van der Waals surface area contributed by atoms with Crippen LogP contribution in [0.1, 0.15) is 16.8 Å². The first-order chi connectivity index (χ1) is 11.8. The van der Waals surface area contributed by atoms with E-state index in [9.17, 15) is 17.6 Å². The molecule has 0 bridgehead atoms. The third kappa shape index (κ3) is 5.79. The van der Waals surface area contributed by atoms with E-state index < -0.39 is 21.6 Å². The molecule has 0 aliphatic rings. The molecule has 0 saturated carbocycles. The maximum absolute atomic E-state index is 14.0. The Morgan fingerprint density at radius 2 is 1.96 bits per heavy atom. The molecule has 7 heteroatoms. The average molecular weight is 363 g/mol. The molecule has 5 nitrogen and oxygen atoms in total. The number of halogens is 1. The lowest BCUT2D eigenvalue weighted by molar-refractivity contribution is -0.137. The van der Waals surface area contributed by atoms with Crippen LogP contribution in [0.15, 0.2) is 49.2 Å². The Morgan fingerprint density at radius 3 is 2.56 bits per heavy atom. The molecule has 25 heavy (non-hydrogen) atoms. The summed E-state index contributed by atoms with van der Waals surface area (Å²) >= 11 is 0. The van der Waals surface area contributed by atoms with Crippen molar-refractivity contribution in [3.05, 3.63) is 71.8 Å². The van der Waals surface area contributed by atoms with Gasteiger partial charge in [-0.3, -0.25) is 4.98 Å². The summed E-state index contributed by atoms with van der Waals surface area (Å²) in [5.41, 5.74) is 1.03. The highest BCUT2D eigenvalue weighted by molar-refractivity contribution is 7.90. The van der Waals surface area contributed by atoms with Crippen molar-refractivity contribution in [2.45, 2.75) is 13.0 Å². The van der Waals surface area contributed by atoms with Gasteiger partial charge in [0.1, 0.15) is 22.3 Å². The Balaban J connectivity index is 2.01. The van der Waals surface area contributed by atoms with Crippen LogP contribution in [0.3, 0.4) is 0 Å². The smallest absolute Gasteiger partial charge is 0.338 e. The third-order valence-corrected chi connectivity index (χ3v) is 4.38. The van der Waals surface area contributed by atoms with E-state index in [4.69, 9.17) is 4.74 Å². The summed E-state index contributed by atoms with van der Waals surface area (Å²) in [5, 5.41) is 0. The van der Waals surface area contributed by atoms with Gasteiger partial charge in [0, 0.05) is 24.4 Å². The van der Waals surface area contributed by atoms with Crippen LogP contribution >= 0.6 is 0 Å². The minimum atomic E-state index is -3.21. The van der Waals surface area contributed by atoms with Gasteiger partial charge in [-0.05, 0) is 11.6 Å². The molecule has 132 valence electrons. The van der Waals surface area contributed by atoms with E-state index in [2.05, 4.69) is 11.6 Å². The lowest BCUT2D eigenvalue weighted by atomic mass is 10.1. The first-order valence-corrected chi connectivity index (χ1v) is 9.55. The maximum Gasteiger partial charge on any atom is 0.338 e. The molecule has 2 aromatic rings. The SMILES string of the molecule is C=C(C(=O)OCc1ccccc1)c1cnc(CCS(C)(=O)=O)c(F)c1. The summed E-state index contributed by atoms with van der Waals surface area (Å²) in [6.07, 6.45) is 2.33. The number of ether oxygens (including phenoxy) is 1. The van der Waals surface area contributed by atoms with Crippen molar-refractivity contribution in [2.24, 2.45) is 0 Å². The van der Waals surface area contributed by atoms with E-state index in [1.54, 1.807) is 0 Å². The molecule has 0 aliphatic heterocycles. The van der Waals surface area contributed by atoms with E-state index in [1.165, 1.54) is 6.20 Å². The fourth-order valence-corrected chi connectivity index (χ4v) is 2.59. The molecular weight excluding hydrogens is 345 g/mol. The zero-order valence-corrected chi connectivity index (χ0v) is 14.6. The molecule has 0 amide bonds. The summed E-state index contributed by atoms with van der Waals surface area (Å²) in [4.78, 5) is 15.9. The summed E-state index contributed by atoms with van der Waals surface area (Å²) < 4.78 is 41.5. The van der Waals surface area contributed by atoms with Gasteiger partial charge in [-0.15, -0.1) is 0 Å². The molecule has 1 heterocycles. The van der Waals surface area contributed by atoms with Crippen LogP contribution in [0.4, 0.5) is 4.39 Å². The van der Waals surface area contributed by atoms with E-state index >= 15 is 0 Å². The number of sulfone groups is 1. The van der Waals surface area contributed by atoms with Gasteiger partial charge in [-0.25, -0.2) is 17.6 Å². The van der Waals surface area contributed by atoms with Crippen LogP contribution in [0.2, 0.25) is 0 Å². The minimum Gasteiger partial charge on any atom is -0.457 e. The number of pyridine rings is 1. The fourth-order valence-electron chi connectivity index (χ4n) is 2.03. The molecule has 0 atom stereocenters. The van der Waals surface area contributed by atoms with Crippen LogP contribution in [-0.4, -0.2) is 31.4 Å². The molecule has 0 aliphatic carbocycles. The molecule has 2 rings (SSSR count). The second-order valence-corrected chi connectivity index (χ2v) is 7.83. The molecule has 0 saturated heterocycles. The normalized spacial score (nSPS) is 11.1. The number of hydrogen-bond acceptors (Lipinski definition) is 5. The van der Waals surface area contributed by atoms with Gasteiger partial charge in [0.25, 0.3) is 0 Å². The molecular formula is C18H18FNO4S. The number of benzene rings is 1. The first-order valence-electron chi connectivity index (χ1n) is 7.49. The Labute approximate surface area is 146 Å². The largest absolute Gasteiger partial charge is 0.457 e. The average Bonchev–Trinajstić information content (AvgIpc) is 2.58. The van der Waals surface area contributed by atoms with Gasteiger partial charge in [-0.2, -0.15) is 0 Å². The quantitative estimate of drug-likeness (QED) is 0.558. The predicted octanol–water partition coefficient (Wildman–Crippen LogP) is 2.56. The fraction of sp³-hybridized carbons (Fsp3) is 0.222. The van der Waals surface area contributed by atoms with Gasteiger partial charge in [0.15, 0.2) is 0 Å². The number of esters is 1. The van der Waals surface area contributed by atoms with Crippen molar-refractivity contribution < 1.29 is 22.3 Å². The highest BCUT2D eigenvalue weighted by Crippen LogP contribution is 2.17. The highest BCUT2D eigenvalue weighted by Gasteiger charge is 2.15. The summed E-state index contributed by atoms with van der Waals surface area (Å²) in [6, 6.07) is 10.2. The molecule has 0 spiro atoms. The zero-order chi connectivity index (χ0) is 18.4. The Hall–Kier alpha value is -2.54. The van der Waals surface area contributed by atoms with E-state index in [0.29, 0.717) is 0 Å². The maximum atomic E-state index is 14.0. The molecule has 0 radical (unpaired) electrons. The van der Waals surface area contributed by atoms with Gasteiger partial charge in [0.2, 0.25) is 0 Å². The minimum absolute atomic E-state index is 0.0167. The predicted molar refractivity (Wildman–Crippen MR) is 92.9 cm³/mol. The lowest BCUT2D eigenvalue weighted by Crippen LogP contribution is -2.10. The number of aromatic nitrogens is 1. The number of nitrogens with zero attached hydrogens (tertiary/aromatic N) is 1. The molecule has 0 fully saturated rings. The van der Waals surface area contributed by atoms with E-state index in [-0.39, 0.29) is 35.6 Å². The van der Waals surface area contributed by atoms with Crippen molar-refractivity contribution in [1.82, 2.24) is 4.98 Å². The third-order valence-electron chi connectivity index (χ3n) is 3.43. The summed E-state index contributed by atoms with van der Waals surface area (Å²) in [6.45, 7) is 3.70. The van der Waals surface area contributed by atoms with E-state index in [1.807, 2.05) is 30.3 Å². The van der Waals surface area contributed by atoms with Gasteiger partial charge >= 0.3 is 5.97 Å². The van der Waals surface area contributed by atoms with Crippen LogP contribution in [0.25, 0.3) is 5.57 Å². The molecule has 0 unspecified atom stereocenters.